The van der Waals surface area contributed by atoms with Gasteiger partial charge in [0.2, 0.25) is 0 Å². The molecule has 2 rings (SSSR count). The number of hydrogen-bond donors (Lipinski definition) is 1. The van der Waals surface area contributed by atoms with E-state index in [1.54, 1.807) is 6.20 Å². The Kier molecular flexibility index (Phi) is 4.76. The standard InChI is InChI=1S/C13H16Br2N4/c1-3-10-12(15)11(19(2)18-10)7-9(16)13-8(14)5-4-6-17-13/h4-6,9H,3,7,16H2,1-2H3. The van der Waals surface area contributed by atoms with Crippen LogP contribution in [0.1, 0.15) is 30.0 Å². The van der Waals surface area contributed by atoms with Crippen molar-refractivity contribution >= 4 is 31.9 Å². The highest BCUT2D eigenvalue weighted by molar-refractivity contribution is 9.10. The zero-order valence-corrected chi connectivity index (χ0v) is 14.1. The molecule has 0 aromatic carbocycles. The second-order valence-corrected chi connectivity index (χ2v) is 6.01. The van der Waals surface area contributed by atoms with E-state index in [9.17, 15) is 0 Å². The van der Waals surface area contributed by atoms with E-state index in [4.69, 9.17) is 5.73 Å². The molecule has 0 fully saturated rings. The number of hydrogen-bond acceptors (Lipinski definition) is 3. The molecule has 2 aromatic rings. The quantitative estimate of drug-likeness (QED) is 0.876. The third-order valence-electron chi connectivity index (χ3n) is 3.05. The second-order valence-electron chi connectivity index (χ2n) is 4.37. The largest absolute Gasteiger partial charge is 0.322 e. The lowest BCUT2D eigenvalue weighted by Gasteiger charge is -2.13. The van der Waals surface area contributed by atoms with Gasteiger partial charge in [-0.05, 0) is 50.4 Å². The van der Waals surface area contributed by atoms with Crippen LogP contribution in [0.5, 0.6) is 0 Å². The minimum atomic E-state index is -0.160. The highest BCUT2D eigenvalue weighted by Crippen LogP contribution is 2.27. The van der Waals surface area contributed by atoms with Crippen molar-refractivity contribution in [3.8, 4) is 0 Å². The van der Waals surface area contributed by atoms with E-state index in [0.29, 0.717) is 6.42 Å². The summed E-state index contributed by atoms with van der Waals surface area (Å²) in [6.45, 7) is 2.09. The Morgan fingerprint density at radius 1 is 1.42 bits per heavy atom. The van der Waals surface area contributed by atoms with Crippen molar-refractivity contribution in [2.75, 3.05) is 0 Å². The smallest absolute Gasteiger partial charge is 0.0766 e. The Hall–Kier alpha value is -0.720. The molecule has 4 nitrogen and oxygen atoms in total. The van der Waals surface area contributed by atoms with E-state index >= 15 is 0 Å². The maximum atomic E-state index is 6.26. The molecular weight excluding hydrogens is 372 g/mol. The summed E-state index contributed by atoms with van der Waals surface area (Å²) in [6.07, 6.45) is 3.35. The van der Waals surface area contributed by atoms with Crippen LogP contribution in [0.25, 0.3) is 0 Å². The van der Waals surface area contributed by atoms with E-state index in [1.165, 1.54) is 0 Å². The van der Waals surface area contributed by atoms with E-state index in [-0.39, 0.29) is 6.04 Å². The highest BCUT2D eigenvalue weighted by Gasteiger charge is 2.18. The summed E-state index contributed by atoms with van der Waals surface area (Å²) in [7, 11) is 1.94. The summed E-state index contributed by atoms with van der Waals surface area (Å²) < 4.78 is 3.89. The summed E-state index contributed by atoms with van der Waals surface area (Å²) >= 11 is 7.10. The first-order chi connectivity index (χ1) is 9.04. The number of nitrogens with zero attached hydrogens (tertiary/aromatic N) is 3. The Bertz CT molecular complexity index is 580. The van der Waals surface area contributed by atoms with Crippen LogP contribution in [-0.2, 0) is 19.9 Å². The molecule has 0 aliphatic carbocycles. The van der Waals surface area contributed by atoms with Gasteiger partial charge in [0, 0.05) is 24.1 Å². The van der Waals surface area contributed by atoms with E-state index in [1.807, 2.05) is 23.9 Å². The van der Waals surface area contributed by atoms with Crippen molar-refractivity contribution in [3.63, 3.8) is 0 Å². The molecule has 0 bridgehead atoms. The molecule has 2 N–H and O–H groups in total. The number of halogens is 2. The first-order valence-electron chi connectivity index (χ1n) is 6.10. The van der Waals surface area contributed by atoms with Gasteiger partial charge in [-0.2, -0.15) is 5.10 Å². The molecule has 0 saturated heterocycles. The SMILES string of the molecule is CCc1nn(C)c(CC(N)c2ncccc2Br)c1Br. The number of aromatic nitrogens is 3. The zero-order valence-electron chi connectivity index (χ0n) is 10.9. The van der Waals surface area contributed by atoms with Crippen molar-refractivity contribution in [2.24, 2.45) is 12.8 Å². The average Bonchev–Trinajstić information content (AvgIpc) is 2.66. The zero-order chi connectivity index (χ0) is 14.0. The molecule has 0 spiro atoms. The summed E-state index contributed by atoms with van der Waals surface area (Å²) in [5.74, 6) is 0. The number of nitrogens with two attached hydrogens (primary N) is 1. The maximum Gasteiger partial charge on any atom is 0.0766 e. The molecule has 0 aliphatic heterocycles. The van der Waals surface area contributed by atoms with Crippen LogP contribution in [0.3, 0.4) is 0 Å². The minimum Gasteiger partial charge on any atom is -0.322 e. The number of pyridine rings is 1. The summed E-state index contributed by atoms with van der Waals surface area (Å²) in [6, 6.07) is 3.68. The predicted molar refractivity (Wildman–Crippen MR) is 82.9 cm³/mol. The predicted octanol–water partition coefficient (Wildman–Crippen LogP) is 3.15. The van der Waals surface area contributed by atoms with Gasteiger partial charge in [-0.1, -0.05) is 6.92 Å². The maximum absolute atomic E-state index is 6.26. The Morgan fingerprint density at radius 2 is 2.16 bits per heavy atom. The van der Waals surface area contributed by atoms with Crippen molar-refractivity contribution in [1.82, 2.24) is 14.8 Å². The summed E-state index contributed by atoms with van der Waals surface area (Å²) in [4.78, 5) is 4.34. The molecule has 2 heterocycles. The highest BCUT2D eigenvalue weighted by atomic mass is 79.9. The molecule has 102 valence electrons. The molecule has 1 atom stereocenters. The fourth-order valence-electron chi connectivity index (χ4n) is 2.02. The van der Waals surface area contributed by atoms with Gasteiger partial charge in [0.25, 0.3) is 0 Å². The third kappa shape index (κ3) is 3.07. The van der Waals surface area contributed by atoms with Gasteiger partial charge in [0.1, 0.15) is 0 Å². The fourth-order valence-corrected chi connectivity index (χ4v) is 3.34. The van der Waals surface area contributed by atoms with Gasteiger partial charge >= 0.3 is 0 Å². The molecule has 19 heavy (non-hydrogen) atoms. The average molecular weight is 388 g/mol. The van der Waals surface area contributed by atoms with Crippen LogP contribution in [0.4, 0.5) is 0 Å². The summed E-state index contributed by atoms with van der Waals surface area (Å²) in [5, 5.41) is 4.48. The Balaban J connectivity index is 2.27. The lowest BCUT2D eigenvalue weighted by Crippen LogP contribution is -2.17. The number of aryl methyl sites for hydroxylation is 2. The molecule has 0 amide bonds. The van der Waals surface area contributed by atoms with Crippen LogP contribution in [0.15, 0.2) is 27.3 Å². The molecule has 0 radical (unpaired) electrons. The van der Waals surface area contributed by atoms with Gasteiger partial charge in [-0.3, -0.25) is 9.67 Å². The van der Waals surface area contributed by atoms with Gasteiger partial charge in [0.05, 0.1) is 27.6 Å². The van der Waals surface area contributed by atoms with Gasteiger partial charge in [0.15, 0.2) is 0 Å². The molecular formula is C13H16Br2N4. The fraction of sp³-hybridized carbons (Fsp3) is 0.385. The lowest BCUT2D eigenvalue weighted by atomic mass is 10.1. The molecule has 2 aromatic heterocycles. The van der Waals surface area contributed by atoms with Crippen molar-refractivity contribution in [3.05, 3.63) is 44.4 Å². The first-order valence-corrected chi connectivity index (χ1v) is 7.69. The van der Waals surface area contributed by atoms with Crippen molar-refractivity contribution in [2.45, 2.75) is 25.8 Å². The molecule has 6 heteroatoms. The Labute approximate surface area is 129 Å². The van der Waals surface area contributed by atoms with Gasteiger partial charge in [-0.15, -0.1) is 0 Å². The molecule has 1 unspecified atom stereocenters. The van der Waals surface area contributed by atoms with Crippen LogP contribution in [-0.4, -0.2) is 14.8 Å². The normalized spacial score (nSPS) is 12.7. The van der Waals surface area contributed by atoms with Crippen molar-refractivity contribution < 1.29 is 0 Å². The van der Waals surface area contributed by atoms with Crippen LogP contribution >= 0.6 is 31.9 Å². The molecule has 0 aliphatic rings. The second kappa shape index (κ2) is 6.15. The van der Waals surface area contributed by atoms with E-state index in [2.05, 4.69) is 48.9 Å². The molecule has 0 saturated carbocycles. The van der Waals surface area contributed by atoms with Crippen LogP contribution in [0, 0.1) is 0 Å². The Morgan fingerprint density at radius 3 is 2.74 bits per heavy atom. The topological polar surface area (TPSA) is 56.7 Å². The summed E-state index contributed by atoms with van der Waals surface area (Å²) in [5.41, 5.74) is 9.29. The van der Waals surface area contributed by atoms with E-state index in [0.717, 1.165) is 32.4 Å². The van der Waals surface area contributed by atoms with Gasteiger partial charge < -0.3 is 5.73 Å². The van der Waals surface area contributed by atoms with Crippen LogP contribution in [0.2, 0.25) is 0 Å². The lowest BCUT2D eigenvalue weighted by molar-refractivity contribution is 0.624. The monoisotopic (exact) mass is 386 g/mol. The third-order valence-corrected chi connectivity index (χ3v) is 4.64. The van der Waals surface area contributed by atoms with Crippen molar-refractivity contribution in [1.29, 1.82) is 0 Å². The minimum absolute atomic E-state index is 0.160. The van der Waals surface area contributed by atoms with E-state index < -0.39 is 0 Å². The van der Waals surface area contributed by atoms with Gasteiger partial charge in [-0.25, -0.2) is 0 Å². The number of rotatable bonds is 4. The first kappa shape index (κ1) is 14.7. The van der Waals surface area contributed by atoms with Crippen LogP contribution < -0.4 is 5.73 Å².